The molecule has 0 saturated heterocycles. The maximum absolute atomic E-state index is 4.83. The van der Waals surface area contributed by atoms with Crippen LogP contribution in [0.1, 0.15) is 25.3 Å². The van der Waals surface area contributed by atoms with E-state index in [1.54, 1.807) is 0 Å². The fourth-order valence-electron chi connectivity index (χ4n) is 3.27. The summed E-state index contributed by atoms with van der Waals surface area (Å²) in [6, 6.07) is 15.0. The lowest BCUT2D eigenvalue weighted by Gasteiger charge is -2.18. The quantitative estimate of drug-likeness (QED) is 0.646. The number of anilines is 1. The number of hydrogen-bond donors (Lipinski definition) is 0. The van der Waals surface area contributed by atoms with Gasteiger partial charge in [0.1, 0.15) is 0 Å². The fraction of sp³-hybridized carbons (Fsp3) is 0.278. The summed E-state index contributed by atoms with van der Waals surface area (Å²) in [5, 5.41) is 2.67. The Morgan fingerprint density at radius 3 is 2.80 bits per heavy atom. The minimum absolute atomic E-state index is 1.03. The molecular weight excluding hydrogens is 244 g/mol. The summed E-state index contributed by atoms with van der Waals surface area (Å²) < 4.78 is 0. The van der Waals surface area contributed by atoms with Crippen molar-refractivity contribution in [2.75, 3.05) is 11.4 Å². The van der Waals surface area contributed by atoms with Crippen molar-refractivity contribution < 1.29 is 0 Å². The zero-order valence-corrected chi connectivity index (χ0v) is 11.8. The van der Waals surface area contributed by atoms with Gasteiger partial charge in [-0.05, 0) is 30.2 Å². The van der Waals surface area contributed by atoms with Gasteiger partial charge < -0.3 is 4.90 Å². The largest absolute Gasteiger partial charge is 0.367 e. The molecule has 0 saturated carbocycles. The number of hydrogen-bond acceptors (Lipinski definition) is 2. The first kappa shape index (κ1) is 11.7. The molecule has 1 aliphatic rings. The maximum Gasteiger partial charge on any atom is 0.0734 e. The van der Waals surface area contributed by atoms with Crippen LogP contribution in [0.15, 0.2) is 42.5 Å². The molecule has 0 fully saturated rings. The highest BCUT2D eigenvalue weighted by Crippen LogP contribution is 2.40. The van der Waals surface area contributed by atoms with Crippen LogP contribution in [0.2, 0.25) is 0 Å². The van der Waals surface area contributed by atoms with E-state index in [9.17, 15) is 0 Å². The van der Waals surface area contributed by atoms with Crippen LogP contribution in [0.5, 0.6) is 0 Å². The summed E-state index contributed by atoms with van der Waals surface area (Å²) in [5.41, 5.74) is 5.07. The molecule has 0 radical (unpaired) electrons. The van der Waals surface area contributed by atoms with Crippen LogP contribution in [-0.4, -0.2) is 11.5 Å². The van der Waals surface area contributed by atoms with E-state index in [4.69, 9.17) is 4.98 Å². The molecule has 100 valence electrons. The van der Waals surface area contributed by atoms with E-state index < -0.39 is 0 Å². The van der Waals surface area contributed by atoms with E-state index in [1.807, 2.05) is 0 Å². The Morgan fingerprint density at radius 2 is 1.90 bits per heavy atom. The molecule has 0 bridgehead atoms. The van der Waals surface area contributed by atoms with Gasteiger partial charge in [0.05, 0.1) is 11.0 Å². The van der Waals surface area contributed by atoms with Gasteiger partial charge in [-0.15, -0.1) is 0 Å². The Balaban J connectivity index is 1.98. The Hall–Kier alpha value is -2.09. The van der Waals surface area contributed by atoms with Crippen LogP contribution in [-0.2, 0) is 6.54 Å². The van der Waals surface area contributed by atoms with Gasteiger partial charge >= 0.3 is 0 Å². The van der Waals surface area contributed by atoms with E-state index in [-0.39, 0.29) is 0 Å². The molecule has 0 amide bonds. The van der Waals surface area contributed by atoms with Gasteiger partial charge in [0.25, 0.3) is 0 Å². The van der Waals surface area contributed by atoms with Crippen molar-refractivity contribution in [1.82, 2.24) is 4.98 Å². The average molecular weight is 262 g/mol. The van der Waals surface area contributed by atoms with Gasteiger partial charge in [-0.3, -0.25) is 0 Å². The van der Waals surface area contributed by atoms with Gasteiger partial charge in [0.15, 0.2) is 0 Å². The van der Waals surface area contributed by atoms with Gasteiger partial charge in [-0.2, -0.15) is 0 Å². The summed E-state index contributed by atoms with van der Waals surface area (Å²) in [4.78, 5) is 7.34. The van der Waals surface area contributed by atoms with Crippen molar-refractivity contribution in [3.63, 3.8) is 0 Å². The number of pyridine rings is 1. The highest BCUT2D eigenvalue weighted by molar-refractivity contribution is 6.06. The van der Waals surface area contributed by atoms with Crippen molar-refractivity contribution in [1.29, 1.82) is 0 Å². The van der Waals surface area contributed by atoms with E-state index in [0.29, 0.717) is 0 Å². The molecule has 2 aromatic carbocycles. The summed E-state index contributed by atoms with van der Waals surface area (Å²) in [7, 11) is 0. The third kappa shape index (κ3) is 1.61. The predicted molar refractivity (Wildman–Crippen MR) is 85.2 cm³/mol. The molecule has 0 aliphatic carbocycles. The second-order valence-corrected chi connectivity index (χ2v) is 5.55. The molecule has 20 heavy (non-hydrogen) atoms. The molecular formula is C18H18N2. The molecule has 2 nitrogen and oxygen atoms in total. The molecule has 2 heterocycles. The number of benzene rings is 2. The van der Waals surface area contributed by atoms with Gasteiger partial charge in [0, 0.05) is 29.5 Å². The number of nitrogens with zero attached hydrogens (tertiary/aromatic N) is 2. The van der Waals surface area contributed by atoms with Gasteiger partial charge in [-0.25, -0.2) is 4.98 Å². The minimum atomic E-state index is 1.03. The highest BCUT2D eigenvalue weighted by atomic mass is 15.1. The lowest BCUT2D eigenvalue weighted by molar-refractivity contribution is 0.730. The first-order chi connectivity index (χ1) is 9.88. The van der Waals surface area contributed by atoms with Crippen LogP contribution in [0.4, 0.5) is 5.69 Å². The molecule has 2 heteroatoms. The third-order valence-corrected chi connectivity index (χ3v) is 4.26. The molecule has 0 unspecified atom stereocenters. The monoisotopic (exact) mass is 262 g/mol. The Kier molecular flexibility index (Phi) is 2.62. The van der Waals surface area contributed by atoms with E-state index in [0.717, 1.165) is 24.1 Å². The van der Waals surface area contributed by atoms with Crippen LogP contribution >= 0.6 is 0 Å². The summed E-state index contributed by atoms with van der Waals surface area (Å²) in [6.45, 7) is 4.41. The summed E-state index contributed by atoms with van der Waals surface area (Å²) in [6.07, 6.45) is 2.48. The van der Waals surface area contributed by atoms with Crippen LogP contribution in [0, 0.1) is 0 Å². The zero-order chi connectivity index (χ0) is 13.5. The molecule has 1 aromatic heterocycles. The van der Waals surface area contributed by atoms with Crippen molar-refractivity contribution in [3.05, 3.63) is 48.0 Å². The molecule has 0 atom stereocenters. The third-order valence-electron chi connectivity index (χ3n) is 4.26. The number of fused-ring (bicyclic) bond motifs is 2. The second-order valence-electron chi connectivity index (χ2n) is 5.55. The highest BCUT2D eigenvalue weighted by Gasteiger charge is 2.23. The van der Waals surface area contributed by atoms with Gasteiger partial charge in [-0.1, -0.05) is 37.6 Å². The topological polar surface area (TPSA) is 16.1 Å². The lowest BCUT2D eigenvalue weighted by Crippen LogP contribution is -2.19. The molecule has 3 aromatic rings. The number of unbranched alkanes of at least 4 members (excludes halogenated alkanes) is 1. The van der Waals surface area contributed by atoms with Gasteiger partial charge in [0.2, 0.25) is 0 Å². The van der Waals surface area contributed by atoms with E-state index in [2.05, 4.69) is 54.3 Å². The predicted octanol–water partition coefficient (Wildman–Crippen LogP) is 4.51. The standard InChI is InChI=1S/C18H18N2/c1-2-3-11-20-12-14-13-7-4-5-8-15(13)19-16-9-6-10-17(20)18(14)16/h4-10H,2-3,11-12H2,1H3. The first-order valence-corrected chi connectivity index (χ1v) is 7.44. The smallest absolute Gasteiger partial charge is 0.0734 e. The van der Waals surface area contributed by atoms with Crippen molar-refractivity contribution >= 4 is 27.5 Å². The Bertz CT molecular complexity index is 792. The number of rotatable bonds is 3. The minimum Gasteiger partial charge on any atom is -0.367 e. The molecule has 0 spiro atoms. The molecule has 1 aliphatic heterocycles. The van der Waals surface area contributed by atoms with Crippen LogP contribution < -0.4 is 4.90 Å². The molecule has 4 rings (SSSR count). The van der Waals surface area contributed by atoms with Crippen molar-refractivity contribution in [3.8, 4) is 0 Å². The van der Waals surface area contributed by atoms with Crippen LogP contribution in [0.3, 0.4) is 0 Å². The lowest BCUT2D eigenvalue weighted by atomic mass is 10.0. The Labute approximate surface area is 119 Å². The first-order valence-electron chi connectivity index (χ1n) is 7.44. The normalized spacial score (nSPS) is 13.6. The molecule has 0 N–H and O–H groups in total. The van der Waals surface area contributed by atoms with Crippen molar-refractivity contribution in [2.45, 2.75) is 26.3 Å². The zero-order valence-electron chi connectivity index (χ0n) is 11.8. The number of para-hydroxylation sites is 1. The fourth-order valence-corrected chi connectivity index (χ4v) is 3.27. The second kappa shape index (κ2) is 4.48. The van der Waals surface area contributed by atoms with Crippen LogP contribution in [0.25, 0.3) is 21.8 Å². The average Bonchev–Trinajstić information content (AvgIpc) is 2.86. The number of aromatic nitrogens is 1. The summed E-state index contributed by atoms with van der Waals surface area (Å²) >= 11 is 0. The van der Waals surface area contributed by atoms with E-state index in [1.165, 1.54) is 34.9 Å². The SMILES string of the molecule is CCCCN1Cc2c3ccccc3nc3cccc1c23. The summed E-state index contributed by atoms with van der Waals surface area (Å²) in [5.74, 6) is 0. The Morgan fingerprint density at radius 1 is 1.05 bits per heavy atom. The van der Waals surface area contributed by atoms with E-state index >= 15 is 0 Å². The van der Waals surface area contributed by atoms with Crippen molar-refractivity contribution in [2.24, 2.45) is 0 Å². The maximum atomic E-state index is 4.83.